The van der Waals surface area contributed by atoms with Crippen LogP contribution < -0.4 is 10.2 Å². The molecule has 1 aliphatic rings. The van der Waals surface area contributed by atoms with E-state index >= 15 is 0 Å². The largest absolute Gasteiger partial charge is 0.378 e. The van der Waals surface area contributed by atoms with Crippen molar-refractivity contribution in [2.75, 3.05) is 43.1 Å². The molecule has 0 atom stereocenters. The minimum absolute atomic E-state index is 0.356. The van der Waals surface area contributed by atoms with Gasteiger partial charge in [-0.05, 0) is 28.8 Å². The molecule has 1 aromatic rings. The van der Waals surface area contributed by atoms with E-state index in [9.17, 15) is 0 Å². The third kappa shape index (κ3) is 3.36. The SMILES string of the molecule is CCNc1nc(N2CCOCC2)nc(C(C)C)c1Br. The first-order valence-corrected chi connectivity index (χ1v) is 7.56. The summed E-state index contributed by atoms with van der Waals surface area (Å²) in [5, 5.41) is 3.29. The molecule has 0 radical (unpaired) electrons. The van der Waals surface area contributed by atoms with Crippen molar-refractivity contribution < 1.29 is 4.74 Å². The monoisotopic (exact) mass is 328 g/mol. The van der Waals surface area contributed by atoms with Crippen molar-refractivity contribution >= 4 is 27.7 Å². The number of hydrogen-bond acceptors (Lipinski definition) is 5. The summed E-state index contributed by atoms with van der Waals surface area (Å²) in [7, 11) is 0. The molecule has 0 unspecified atom stereocenters. The standard InChI is InChI=1S/C13H21BrN4O/c1-4-15-12-10(14)11(9(2)3)16-13(17-12)18-5-7-19-8-6-18/h9H,4-8H2,1-3H3,(H,15,16,17). The van der Waals surface area contributed by atoms with Gasteiger partial charge < -0.3 is 15.0 Å². The lowest BCUT2D eigenvalue weighted by molar-refractivity contribution is 0.122. The molecule has 0 saturated carbocycles. The molecule has 106 valence electrons. The normalized spacial score (nSPS) is 15.9. The lowest BCUT2D eigenvalue weighted by Crippen LogP contribution is -2.37. The van der Waals surface area contributed by atoms with E-state index in [0.717, 1.165) is 54.8 Å². The molecule has 2 heterocycles. The van der Waals surface area contributed by atoms with E-state index in [2.05, 4.69) is 51.9 Å². The van der Waals surface area contributed by atoms with Crippen molar-refractivity contribution in [1.29, 1.82) is 0 Å². The number of nitrogens with one attached hydrogen (secondary N) is 1. The van der Waals surface area contributed by atoms with Gasteiger partial charge in [-0.2, -0.15) is 4.98 Å². The van der Waals surface area contributed by atoms with Crippen molar-refractivity contribution in [3.05, 3.63) is 10.2 Å². The van der Waals surface area contributed by atoms with Crippen LogP contribution in [0.15, 0.2) is 4.47 Å². The molecule has 6 heteroatoms. The van der Waals surface area contributed by atoms with Crippen molar-refractivity contribution in [1.82, 2.24) is 9.97 Å². The predicted molar refractivity (Wildman–Crippen MR) is 81.0 cm³/mol. The highest BCUT2D eigenvalue weighted by Crippen LogP contribution is 2.31. The van der Waals surface area contributed by atoms with Gasteiger partial charge in [0.15, 0.2) is 0 Å². The fourth-order valence-corrected chi connectivity index (χ4v) is 2.80. The molecule has 19 heavy (non-hydrogen) atoms. The number of morpholine rings is 1. The summed E-state index contributed by atoms with van der Waals surface area (Å²) >= 11 is 3.61. The van der Waals surface area contributed by atoms with Crippen LogP contribution in [0.1, 0.15) is 32.4 Å². The highest BCUT2D eigenvalue weighted by atomic mass is 79.9. The number of hydrogen-bond donors (Lipinski definition) is 1. The second-order valence-corrected chi connectivity index (χ2v) is 5.65. The smallest absolute Gasteiger partial charge is 0.227 e. The lowest BCUT2D eigenvalue weighted by atomic mass is 10.1. The Hall–Kier alpha value is -0.880. The maximum absolute atomic E-state index is 5.38. The summed E-state index contributed by atoms with van der Waals surface area (Å²) in [4.78, 5) is 11.5. The van der Waals surface area contributed by atoms with Crippen LogP contribution in [-0.2, 0) is 4.74 Å². The summed E-state index contributed by atoms with van der Waals surface area (Å²) in [6, 6.07) is 0. The molecule has 1 aliphatic heterocycles. The third-order valence-electron chi connectivity index (χ3n) is 3.05. The van der Waals surface area contributed by atoms with Gasteiger partial charge in [-0.1, -0.05) is 13.8 Å². The Balaban J connectivity index is 2.36. The van der Waals surface area contributed by atoms with Crippen molar-refractivity contribution in [2.24, 2.45) is 0 Å². The van der Waals surface area contributed by atoms with E-state index in [1.54, 1.807) is 0 Å². The van der Waals surface area contributed by atoms with Gasteiger partial charge in [0.2, 0.25) is 5.95 Å². The van der Waals surface area contributed by atoms with Crippen molar-refractivity contribution in [3.63, 3.8) is 0 Å². The van der Waals surface area contributed by atoms with Crippen molar-refractivity contribution in [3.8, 4) is 0 Å². The number of ether oxygens (including phenoxy) is 1. The maximum Gasteiger partial charge on any atom is 0.227 e. The highest BCUT2D eigenvalue weighted by Gasteiger charge is 2.19. The highest BCUT2D eigenvalue weighted by molar-refractivity contribution is 9.10. The molecule has 1 aromatic heterocycles. The van der Waals surface area contributed by atoms with Crippen LogP contribution >= 0.6 is 15.9 Å². The first kappa shape index (κ1) is 14.5. The minimum atomic E-state index is 0.356. The fourth-order valence-electron chi connectivity index (χ4n) is 2.02. The zero-order valence-electron chi connectivity index (χ0n) is 11.7. The number of rotatable bonds is 4. The molecule has 2 rings (SSSR count). The Morgan fingerprint density at radius 2 is 2.00 bits per heavy atom. The molecule has 1 saturated heterocycles. The first-order valence-electron chi connectivity index (χ1n) is 6.77. The Labute approximate surface area is 122 Å². The van der Waals surface area contributed by atoms with Gasteiger partial charge in [-0.25, -0.2) is 4.98 Å². The maximum atomic E-state index is 5.38. The average molecular weight is 329 g/mol. The van der Waals surface area contributed by atoms with Gasteiger partial charge in [0.1, 0.15) is 5.82 Å². The fraction of sp³-hybridized carbons (Fsp3) is 0.692. The summed E-state index contributed by atoms with van der Waals surface area (Å²) in [6.45, 7) is 10.4. The van der Waals surface area contributed by atoms with Gasteiger partial charge >= 0.3 is 0 Å². The molecule has 1 fully saturated rings. The van der Waals surface area contributed by atoms with Crippen LogP contribution in [0.5, 0.6) is 0 Å². The summed E-state index contributed by atoms with van der Waals surface area (Å²) in [5.41, 5.74) is 1.05. The molecule has 0 amide bonds. The van der Waals surface area contributed by atoms with E-state index in [4.69, 9.17) is 9.72 Å². The van der Waals surface area contributed by atoms with Gasteiger partial charge in [-0.15, -0.1) is 0 Å². The van der Waals surface area contributed by atoms with E-state index in [1.807, 2.05) is 0 Å². The molecule has 0 bridgehead atoms. The Morgan fingerprint density at radius 3 is 2.58 bits per heavy atom. The van der Waals surface area contributed by atoms with Crippen LogP contribution in [-0.4, -0.2) is 42.8 Å². The second-order valence-electron chi connectivity index (χ2n) is 4.86. The van der Waals surface area contributed by atoms with Crippen LogP contribution in [0.2, 0.25) is 0 Å². The topological polar surface area (TPSA) is 50.3 Å². The molecular formula is C13H21BrN4O. The van der Waals surface area contributed by atoms with Crippen LogP contribution in [0.4, 0.5) is 11.8 Å². The Morgan fingerprint density at radius 1 is 1.32 bits per heavy atom. The van der Waals surface area contributed by atoms with E-state index < -0.39 is 0 Å². The molecule has 0 aromatic carbocycles. The lowest BCUT2D eigenvalue weighted by Gasteiger charge is -2.28. The first-order chi connectivity index (χ1) is 9.13. The summed E-state index contributed by atoms with van der Waals surface area (Å²) in [5.74, 6) is 2.03. The zero-order chi connectivity index (χ0) is 13.8. The van der Waals surface area contributed by atoms with Crippen molar-refractivity contribution in [2.45, 2.75) is 26.7 Å². The molecule has 0 aliphatic carbocycles. The van der Waals surface area contributed by atoms with E-state index in [0.29, 0.717) is 5.92 Å². The predicted octanol–water partition coefficient (Wildman–Crippen LogP) is 2.63. The number of halogens is 1. The van der Waals surface area contributed by atoms with Crippen LogP contribution in [0.3, 0.4) is 0 Å². The van der Waals surface area contributed by atoms with E-state index in [-0.39, 0.29) is 0 Å². The van der Waals surface area contributed by atoms with Gasteiger partial charge in [0.05, 0.1) is 23.4 Å². The Bertz CT molecular complexity index is 433. The number of anilines is 2. The van der Waals surface area contributed by atoms with Crippen LogP contribution in [0, 0.1) is 0 Å². The minimum Gasteiger partial charge on any atom is -0.378 e. The quantitative estimate of drug-likeness (QED) is 0.920. The van der Waals surface area contributed by atoms with E-state index in [1.165, 1.54) is 0 Å². The number of aromatic nitrogens is 2. The number of nitrogens with zero attached hydrogens (tertiary/aromatic N) is 3. The van der Waals surface area contributed by atoms with Gasteiger partial charge in [-0.3, -0.25) is 0 Å². The molecule has 1 N–H and O–H groups in total. The van der Waals surface area contributed by atoms with Gasteiger partial charge in [0, 0.05) is 19.6 Å². The second kappa shape index (κ2) is 6.52. The molecular weight excluding hydrogens is 308 g/mol. The Kier molecular flexibility index (Phi) is 4.99. The summed E-state index contributed by atoms with van der Waals surface area (Å²) < 4.78 is 6.35. The average Bonchev–Trinajstić information content (AvgIpc) is 2.42. The summed E-state index contributed by atoms with van der Waals surface area (Å²) in [6.07, 6.45) is 0. The van der Waals surface area contributed by atoms with Crippen LogP contribution in [0.25, 0.3) is 0 Å². The molecule has 5 nitrogen and oxygen atoms in total. The third-order valence-corrected chi connectivity index (χ3v) is 3.83. The van der Waals surface area contributed by atoms with Gasteiger partial charge in [0.25, 0.3) is 0 Å². The zero-order valence-corrected chi connectivity index (χ0v) is 13.3. The molecule has 0 spiro atoms.